The van der Waals surface area contributed by atoms with Crippen molar-refractivity contribution in [2.24, 2.45) is 5.92 Å². The Bertz CT molecular complexity index is 404. The fraction of sp³-hybridized carbons (Fsp3) is 0.364. The fourth-order valence-corrected chi connectivity index (χ4v) is 2.19. The molecule has 1 fully saturated rings. The molecule has 78 valence electrons. The van der Waals surface area contributed by atoms with E-state index in [1.54, 1.807) is 0 Å². The molecule has 0 bridgehead atoms. The number of aldehydes is 1. The number of rotatable bonds is 3. The van der Waals surface area contributed by atoms with E-state index in [4.69, 9.17) is 0 Å². The maximum Gasteiger partial charge on any atom is 0.237 e. The van der Waals surface area contributed by atoms with Gasteiger partial charge in [0.25, 0.3) is 0 Å². The van der Waals surface area contributed by atoms with E-state index in [2.05, 4.69) is 0 Å². The molecule has 1 aromatic rings. The Kier molecular flexibility index (Phi) is 2.07. The maximum absolute atomic E-state index is 10.9. The second kappa shape index (κ2) is 3.15. The molecule has 0 heterocycles. The van der Waals surface area contributed by atoms with Gasteiger partial charge in [0, 0.05) is 11.8 Å². The highest BCUT2D eigenvalue weighted by Crippen LogP contribution is 2.58. The lowest BCUT2D eigenvalue weighted by Crippen LogP contribution is -2.21. The summed E-state index contributed by atoms with van der Waals surface area (Å²) in [5, 5.41) is 10.9. The van der Waals surface area contributed by atoms with Crippen molar-refractivity contribution in [3.63, 3.8) is 0 Å². The number of carbonyl (C=O) groups excluding carboxylic acids is 1. The molecule has 0 saturated heterocycles. The molecule has 1 saturated carbocycles. The Balaban J connectivity index is 2.34. The third-order valence-corrected chi connectivity index (χ3v) is 3.25. The molecular formula is C11H11NO3. The number of carbonyl (C=O) groups is 1. The van der Waals surface area contributed by atoms with Crippen molar-refractivity contribution in [1.82, 2.24) is 0 Å². The van der Waals surface area contributed by atoms with Gasteiger partial charge >= 0.3 is 0 Å². The normalized spacial score (nSPS) is 33.4. The molecule has 0 unspecified atom stereocenters. The van der Waals surface area contributed by atoms with Crippen molar-refractivity contribution in [3.8, 4) is 0 Å². The van der Waals surface area contributed by atoms with Crippen LogP contribution < -0.4 is 0 Å². The van der Waals surface area contributed by atoms with E-state index in [0.717, 1.165) is 5.56 Å². The predicted octanol–water partition coefficient (Wildman–Crippen LogP) is 1.63. The van der Waals surface area contributed by atoms with Crippen LogP contribution in [0.3, 0.4) is 0 Å². The van der Waals surface area contributed by atoms with E-state index in [9.17, 15) is 14.9 Å². The van der Waals surface area contributed by atoms with Crippen LogP contribution in [-0.4, -0.2) is 16.7 Å². The van der Waals surface area contributed by atoms with E-state index >= 15 is 0 Å². The van der Waals surface area contributed by atoms with Gasteiger partial charge < -0.3 is 4.79 Å². The van der Waals surface area contributed by atoms with Gasteiger partial charge in [-0.25, -0.2) is 0 Å². The molecule has 0 radical (unpaired) electrons. The zero-order valence-electron chi connectivity index (χ0n) is 8.29. The molecule has 0 amide bonds. The molecule has 15 heavy (non-hydrogen) atoms. The average molecular weight is 205 g/mol. The van der Waals surface area contributed by atoms with Crippen molar-refractivity contribution in [2.75, 3.05) is 0 Å². The minimum Gasteiger partial charge on any atom is -0.303 e. The Morgan fingerprint density at radius 3 is 2.40 bits per heavy atom. The summed E-state index contributed by atoms with van der Waals surface area (Å²) in [5.74, 6) is -0.763. The largest absolute Gasteiger partial charge is 0.303 e. The van der Waals surface area contributed by atoms with Crippen LogP contribution in [0.5, 0.6) is 0 Å². The van der Waals surface area contributed by atoms with Crippen LogP contribution >= 0.6 is 0 Å². The van der Waals surface area contributed by atoms with Crippen LogP contribution in [0.2, 0.25) is 0 Å². The molecule has 0 aliphatic heterocycles. The van der Waals surface area contributed by atoms with Gasteiger partial charge in [0.15, 0.2) is 0 Å². The molecule has 2 rings (SSSR count). The Labute approximate surface area is 87.1 Å². The predicted molar refractivity (Wildman–Crippen MR) is 54.1 cm³/mol. The second-order valence-corrected chi connectivity index (χ2v) is 4.03. The Morgan fingerprint density at radius 2 is 2.00 bits per heavy atom. The highest BCUT2D eigenvalue weighted by molar-refractivity contribution is 5.66. The summed E-state index contributed by atoms with van der Waals surface area (Å²) in [5.41, 5.74) is -0.239. The number of hydrogen-bond donors (Lipinski definition) is 0. The van der Waals surface area contributed by atoms with Gasteiger partial charge in [0.1, 0.15) is 6.29 Å². The van der Waals surface area contributed by atoms with Crippen molar-refractivity contribution in [2.45, 2.75) is 18.4 Å². The molecular weight excluding hydrogens is 194 g/mol. The molecule has 4 nitrogen and oxygen atoms in total. The van der Waals surface area contributed by atoms with Crippen LogP contribution in [0, 0.1) is 16.0 Å². The summed E-state index contributed by atoms with van der Waals surface area (Å²) in [7, 11) is 0. The molecule has 3 atom stereocenters. The summed E-state index contributed by atoms with van der Waals surface area (Å²) in [4.78, 5) is 21.3. The topological polar surface area (TPSA) is 60.2 Å². The summed E-state index contributed by atoms with van der Waals surface area (Å²) in [6.45, 7) is 1.53. The zero-order valence-corrected chi connectivity index (χ0v) is 8.29. The molecule has 1 aromatic carbocycles. The first-order valence-electron chi connectivity index (χ1n) is 4.77. The number of nitrogens with zero attached hydrogens (tertiary/aromatic N) is 1. The summed E-state index contributed by atoms with van der Waals surface area (Å²) < 4.78 is 0. The van der Waals surface area contributed by atoms with Gasteiger partial charge in [-0.05, 0) is 5.56 Å². The standard InChI is InChI=1S/C11H11NO3/c1-11(12(14)15)9(7-13)10(11)8-5-3-2-4-6-8/h2-7,9-10H,1H3/t9-,10+,11+/m0/s1. The highest BCUT2D eigenvalue weighted by Gasteiger charge is 2.73. The van der Waals surface area contributed by atoms with Crippen molar-refractivity contribution < 1.29 is 9.72 Å². The first kappa shape index (κ1) is 9.83. The monoisotopic (exact) mass is 205 g/mol. The Morgan fingerprint density at radius 1 is 1.40 bits per heavy atom. The number of hydrogen-bond acceptors (Lipinski definition) is 3. The lowest BCUT2D eigenvalue weighted by Gasteiger charge is -2.01. The Hall–Kier alpha value is -1.71. The number of nitro groups is 1. The van der Waals surface area contributed by atoms with E-state index in [-0.39, 0.29) is 10.8 Å². The van der Waals surface area contributed by atoms with E-state index in [1.807, 2.05) is 30.3 Å². The summed E-state index contributed by atoms with van der Waals surface area (Å²) in [6, 6.07) is 9.17. The first-order chi connectivity index (χ1) is 7.12. The van der Waals surface area contributed by atoms with E-state index in [1.165, 1.54) is 6.92 Å². The summed E-state index contributed by atoms with van der Waals surface area (Å²) >= 11 is 0. The van der Waals surface area contributed by atoms with Crippen LogP contribution in [-0.2, 0) is 4.79 Å². The van der Waals surface area contributed by atoms with Crippen molar-refractivity contribution in [3.05, 3.63) is 46.0 Å². The van der Waals surface area contributed by atoms with Crippen molar-refractivity contribution in [1.29, 1.82) is 0 Å². The molecule has 1 aliphatic rings. The molecule has 0 spiro atoms. The minimum absolute atomic E-state index is 0.272. The maximum atomic E-state index is 10.9. The molecule has 4 heteroatoms. The average Bonchev–Trinajstić information content (AvgIpc) is 2.87. The minimum atomic E-state index is -1.11. The van der Waals surface area contributed by atoms with Crippen LogP contribution in [0.15, 0.2) is 30.3 Å². The smallest absolute Gasteiger partial charge is 0.237 e. The van der Waals surface area contributed by atoms with Crippen LogP contribution in [0.4, 0.5) is 0 Å². The van der Waals surface area contributed by atoms with Gasteiger partial charge in [-0.15, -0.1) is 0 Å². The van der Waals surface area contributed by atoms with Crippen LogP contribution in [0.25, 0.3) is 0 Å². The van der Waals surface area contributed by atoms with E-state index in [0.29, 0.717) is 6.29 Å². The lowest BCUT2D eigenvalue weighted by atomic mass is 10.1. The number of benzene rings is 1. The molecule has 1 aliphatic carbocycles. The molecule has 0 N–H and O–H groups in total. The third kappa shape index (κ3) is 1.25. The second-order valence-electron chi connectivity index (χ2n) is 4.03. The summed E-state index contributed by atoms with van der Waals surface area (Å²) in [6.07, 6.45) is 0.695. The quantitative estimate of drug-likeness (QED) is 0.428. The lowest BCUT2D eigenvalue weighted by molar-refractivity contribution is -0.537. The van der Waals surface area contributed by atoms with Crippen LogP contribution in [0.1, 0.15) is 18.4 Å². The first-order valence-corrected chi connectivity index (χ1v) is 4.77. The van der Waals surface area contributed by atoms with Gasteiger partial charge in [-0.2, -0.15) is 0 Å². The van der Waals surface area contributed by atoms with Gasteiger partial charge in [-0.3, -0.25) is 10.1 Å². The highest BCUT2D eigenvalue weighted by atomic mass is 16.6. The van der Waals surface area contributed by atoms with Gasteiger partial charge in [0.2, 0.25) is 5.54 Å². The fourth-order valence-electron chi connectivity index (χ4n) is 2.19. The van der Waals surface area contributed by atoms with Gasteiger partial charge in [0.05, 0.1) is 11.8 Å². The third-order valence-electron chi connectivity index (χ3n) is 3.25. The van der Waals surface area contributed by atoms with E-state index < -0.39 is 11.5 Å². The van der Waals surface area contributed by atoms with Gasteiger partial charge in [-0.1, -0.05) is 30.3 Å². The van der Waals surface area contributed by atoms with Crippen molar-refractivity contribution >= 4 is 6.29 Å². The SMILES string of the molecule is C[C@]1([N+](=O)[O-])[C@H](c2ccccc2)[C@@H]1C=O. The zero-order chi connectivity index (χ0) is 11.1. The molecule has 0 aromatic heterocycles.